The summed E-state index contributed by atoms with van der Waals surface area (Å²) in [6.07, 6.45) is 3.37. The molecule has 4 rings (SSSR count). The van der Waals surface area contributed by atoms with Crippen LogP contribution in [0.4, 0.5) is 10.8 Å². The number of aryl methyl sites for hydroxylation is 2. The summed E-state index contributed by atoms with van der Waals surface area (Å²) in [5.41, 5.74) is 4.80. The molecule has 0 atom stereocenters. The van der Waals surface area contributed by atoms with Crippen LogP contribution in [-0.2, 0) is 4.79 Å². The van der Waals surface area contributed by atoms with Crippen LogP contribution in [0.2, 0.25) is 5.02 Å². The first-order valence-electron chi connectivity index (χ1n) is 9.21. The molecule has 0 aliphatic rings. The molecule has 29 heavy (non-hydrogen) atoms. The standard InChI is InChI=1S/C24H19ClN2OS/c1-16-13-17(2)15-20(14-16)27(24-26-21-5-3-4-6-22(21)29-24)23(28)12-9-18-7-10-19(25)11-8-18/h3-15H,1-2H3/b12-9+. The van der Waals surface area contributed by atoms with Gasteiger partial charge in [0.2, 0.25) is 0 Å². The predicted octanol–water partition coefficient (Wildman–Crippen LogP) is 6.94. The van der Waals surface area contributed by atoms with Crippen LogP contribution in [0.25, 0.3) is 16.3 Å². The maximum atomic E-state index is 13.3. The maximum absolute atomic E-state index is 13.3. The van der Waals surface area contributed by atoms with Crippen molar-refractivity contribution in [1.82, 2.24) is 4.98 Å². The molecule has 3 nitrogen and oxygen atoms in total. The Morgan fingerprint density at radius 3 is 2.38 bits per heavy atom. The average Bonchev–Trinajstić information content (AvgIpc) is 3.10. The lowest BCUT2D eigenvalue weighted by molar-refractivity contribution is -0.113. The van der Waals surface area contributed by atoms with E-state index in [1.54, 1.807) is 29.2 Å². The van der Waals surface area contributed by atoms with Crippen LogP contribution in [0.3, 0.4) is 0 Å². The van der Waals surface area contributed by atoms with Crippen LogP contribution >= 0.6 is 22.9 Å². The van der Waals surface area contributed by atoms with Crippen LogP contribution in [0.5, 0.6) is 0 Å². The van der Waals surface area contributed by atoms with Crippen LogP contribution in [0.1, 0.15) is 16.7 Å². The Kier molecular flexibility index (Phi) is 5.47. The highest BCUT2D eigenvalue weighted by Gasteiger charge is 2.20. The second-order valence-corrected chi connectivity index (χ2v) is 8.31. The number of carbonyl (C=O) groups excluding carboxylic acids is 1. The molecule has 0 fully saturated rings. The summed E-state index contributed by atoms with van der Waals surface area (Å²) in [4.78, 5) is 19.6. The Morgan fingerprint density at radius 2 is 1.69 bits per heavy atom. The number of hydrogen-bond donors (Lipinski definition) is 0. The van der Waals surface area contributed by atoms with Crippen LogP contribution in [-0.4, -0.2) is 10.9 Å². The number of amides is 1. The van der Waals surface area contributed by atoms with Gasteiger partial charge in [-0.1, -0.05) is 53.3 Å². The Hall–Kier alpha value is -2.95. The van der Waals surface area contributed by atoms with Crippen molar-refractivity contribution in [2.24, 2.45) is 0 Å². The lowest BCUT2D eigenvalue weighted by atomic mass is 10.1. The first-order valence-corrected chi connectivity index (χ1v) is 10.4. The van der Waals surface area contributed by atoms with Crippen molar-refractivity contribution < 1.29 is 4.79 Å². The molecule has 4 aromatic rings. The summed E-state index contributed by atoms with van der Waals surface area (Å²) >= 11 is 7.45. The smallest absolute Gasteiger partial charge is 0.257 e. The molecule has 1 aromatic heterocycles. The number of halogens is 1. The minimum absolute atomic E-state index is 0.149. The molecular weight excluding hydrogens is 400 g/mol. The monoisotopic (exact) mass is 418 g/mol. The Bertz CT molecular complexity index is 1160. The second kappa shape index (κ2) is 8.19. The molecule has 0 aliphatic carbocycles. The van der Waals surface area contributed by atoms with E-state index in [1.807, 2.05) is 62.4 Å². The minimum atomic E-state index is -0.149. The number of anilines is 2. The van der Waals surface area contributed by atoms with Gasteiger partial charge in [0.15, 0.2) is 5.13 Å². The highest BCUT2D eigenvalue weighted by atomic mass is 35.5. The molecule has 0 radical (unpaired) electrons. The van der Waals surface area contributed by atoms with Gasteiger partial charge in [0.1, 0.15) is 0 Å². The van der Waals surface area contributed by atoms with Crippen LogP contribution in [0.15, 0.2) is 72.8 Å². The van der Waals surface area contributed by atoms with Crippen molar-refractivity contribution in [3.05, 3.63) is 94.5 Å². The number of fused-ring (bicyclic) bond motifs is 1. The Balaban J connectivity index is 1.76. The van der Waals surface area contributed by atoms with Crippen molar-refractivity contribution in [2.45, 2.75) is 13.8 Å². The van der Waals surface area contributed by atoms with E-state index in [0.717, 1.165) is 32.6 Å². The van der Waals surface area contributed by atoms with Gasteiger partial charge in [-0.2, -0.15) is 0 Å². The van der Waals surface area contributed by atoms with Crippen LogP contribution < -0.4 is 4.90 Å². The van der Waals surface area contributed by atoms with Gasteiger partial charge >= 0.3 is 0 Å². The van der Waals surface area contributed by atoms with Crippen molar-refractivity contribution in [1.29, 1.82) is 0 Å². The molecule has 0 spiro atoms. The SMILES string of the molecule is Cc1cc(C)cc(N(C(=O)/C=C/c2ccc(Cl)cc2)c2nc3ccccc3s2)c1. The summed E-state index contributed by atoms with van der Waals surface area (Å²) < 4.78 is 1.05. The van der Waals surface area contributed by atoms with E-state index in [9.17, 15) is 4.79 Å². The van der Waals surface area contributed by atoms with E-state index in [1.165, 1.54) is 11.3 Å². The summed E-state index contributed by atoms with van der Waals surface area (Å²) in [7, 11) is 0. The number of rotatable bonds is 4. The number of para-hydroxylation sites is 1. The summed E-state index contributed by atoms with van der Waals surface area (Å²) in [6, 6.07) is 21.4. The normalized spacial score (nSPS) is 11.3. The molecule has 5 heteroatoms. The third-order valence-corrected chi connectivity index (χ3v) is 5.72. The number of aromatic nitrogens is 1. The maximum Gasteiger partial charge on any atom is 0.257 e. The van der Waals surface area contributed by atoms with E-state index >= 15 is 0 Å². The highest BCUT2D eigenvalue weighted by Crippen LogP contribution is 2.34. The van der Waals surface area contributed by atoms with Gasteiger partial charge in [0.05, 0.1) is 15.9 Å². The van der Waals surface area contributed by atoms with Crippen molar-refractivity contribution >= 4 is 56.0 Å². The number of carbonyl (C=O) groups is 1. The van der Waals surface area contributed by atoms with Gasteiger partial charge in [0.25, 0.3) is 5.91 Å². The number of nitrogens with zero attached hydrogens (tertiary/aromatic N) is 2. The second-order valence-electron chi connectivity index (χ2n) is 6.87. The Morgan fingerprint density at radius 1 is 1.00 bits per heavy atom. The van der Waals surface area contributed by atoms with Crippen molar-refractivity contribution in [3.63, 3.8) is 0 Å². The molecule has 1 amide bonds. The van der Waals surface area contributed by atoms with Gasteiger partial charge in [0, 0.05) is 11.1 Å². The average molecular weight is 419 g/mol. The fraction of sp³-hybridized carbons (Fsp3) is 0.0833. The van der Waals surface area contributed by atoms with E-state index in [-0.39, 0.29) is 5.91 Å². The lowest BCUT2D eigenvalue weighted by Crippen LogP contribution is -2.23. The quantitative estimate of drug-likeness (QED) is 0.336. The number of hydrogen-bond acceptors (Lipinski definition) is 3. The minimum Gasteiger partial charge on any atom is -0.269 e. The van der Waals surface area contributed by atoms with E-state index in [2.05, 4.69) is 6.07 Å². The first-order chi connectivity index (χ1) is 14.0. The molecule has 144 valence electrons. The fourth-order valence-corrected chi connectivity index (χ4v) is 4.30. The number of benzene rings is 3. The molecule has 0 saturated carbocycles. The van der Waals surface area contributed by atoms with Gasteiger partial charge in [-0.3, -0.25) is 9.69 Å². The zero-order chi connectivity index (χ0) is 20.4. The van der Waals surface area contributed by atoms with E-state index < -0.39 is 0 Å². The predicted molar refractivity (Wildman–Crippen MR) is 123 cm³/mol. The van der Waals surface area contributed by atoms with Crippen molar-refractivity contribution in [3.8, 4) is 0 Å². The molecule has 1 heterocycles. The van der Waals surface area contributed by atoms with E-state index in [0.29, 0.717) is 10.2 Å². The molecule has 3 aromatic carbocycles. The third kappa shape index (κ3) is 4.39. The highest BCUT2D eigenvalue weighted by molar-refractivity contribution is 7.22. The van der Waals surface area contributed by atoms with Gasteiger partial charge < -0.3 is 0 Å². The summed E-state index contributed by atoms with van der Waals surface area (Å²) in [5, 5.41) is 1.32. The zero-order valence-electron chi connectivity index (χ0n) is 16.1. The number of thiazole rings is 1. The summed E-state index contributed by atoms with van der Waals surface area (Å²) in [6.45, 7) is 4.06. The topological polar surface area (TPSA) is 33.2 Å². The largest absolute Gasteiger partial charge is 0.269 e. The van der Waals surface area contributed by atoms with Gasteiger partial charge in [-0.25, -0.2) is 4.98 Å². The zero-order valence-corrected chi connectivity index (χ0v) is 17.7. The van der Waals surface area contributed by atoms with Crippen molar-refractivity contribution in [2.75, 3.05) is 4.90 Å². The molecule has 0 aliphatic heterocycles. The molecule has 0 bridgehead atoms. The first kappa shape index (κ1) is 19.4. The molecule has 0 N–H and O–H groups in total. The van der Waals surface area contributed by atoms with Crippen LogP contribution in [0, 0.1) is 13.8 Å². The molecular formula is C24H19ClN2OS. The summed E-state index contributed by atoms with van der Waals surface area (Å²) in [5.74, 6) is -0.149. The third-order valence-electron chi connectivity index (χ3n) is 4.45. The van der Waals surface area contributed by atoms with E-state index in [4.69, 9.17) is 16.6 Å². The fourth-order valence-electron chi connectivity index (χ4n) is 3.18. The lowest BCUT2D eigenvalue weighted by Gasteiger charge is -2.19. The van der Waals surface area contributed by atoms with Gasteiger partial charge in [-0.15, -0.1) is 0 Å². The molecule has 0 unspecified atom stereocenters. The molecule has 0 saturated heterocycles. The Labute approximate surface area is 178 Å². The van der Waals surface area contributed by atoms with Gasteiger partial charge in [-0.05, 0) is 73.0 Å².